The van der Waals surface area contributed by atoms with E-state index in [9.17, 15) is 9.59 Å². The molecule has 1 aromatic heterocycles. The Morgan fingerprint density at radius 1 is 1.61 bits per heavy atom. The molecule has 1 atom stereocenters. The highest BCUT2D eigenvalue weighted by Gasteiger charge is 2.31. The van der Waals surface area contributed by atoms with Crippen LogP contribution in [0.15, 0.2) is 11.5 Å². The minimum Gasteiger partial charge on any atom is -0.477 e. The molecule has 0 bridgehead atoms. The van der Waals surface area contributed by atoms with Gasteiger partial charge in [-0.05, 0) is 0 Å². The van der Waals surface area contributed by atoms with E-state index in [1.165, 1.54) is 6.33 Å². The van der Waals surface area contributed by atoms with Crippen molar-refractivity contribution in [2.45, 2.75) is 18.9 Å². The number of carbonyl (C=O) groups excluding carboxylic acids is 1. The quantitative estimate of drug-likeness (QED) is 0.597. The van der Waals surface area contributed by atoms with Crippen LogP contribution in [0.25, 0.3) is 0 Å². The van der Waals surface area contributed by atoms with Gasteiger partial charge >= 0.3 is 5.97 Å². The van der Waals surface area contributed by atoms with Crippen molar-refractivity contribution in [2.75, 3.05) is 6.54 Å². The molecule has 0 aliphatic carbocycles. The fourth-order valence-corrected chi connectivity index (χ4v) is 1.41. The summed E-state index contributed by atoms with van der Waals surface area (Å²) in [5.41, 5.74) is -0.148. The molecule has 3 N–H and O–H groups in total. The Labute approximate surface area is 101 Å². The Morgan fingerprint density at radius 2 is 2.44 bits per heavy atom. The van der Waals surface area contributed by atoms with E-state index < -0.39 is 18.0 Å². The molecule has 1 unspecified atom stereocenters. The van der Waals surface area contributed by atoms with Crippen molar-refractivity contribution < 1.29 is 19.5 Å². The number of carboxylic acid groups (broad SMARTS) is 1. The SMILES string of the molecule is O=C(O)C1=NOC(C(=O)NCCc2ncn[nH]2)C1. The molecule has 0 saturated carbocycles. The minimum atomic E-state index is -1.17. The molecule has 18 heavy (non-hydrogen) atoms. The number of hydrogen-bond acceptors (Lipinski definition) is 6. The number of nitrogens with zero attached hydrogens (tertiary/aromatic N) is 3. The lowest BCUT2D eigenvalue weighted by Crippen LogP contribution is -2.36. The number of H-pyrrole nitrogens is 1. The second-order valence-electron chi connectivity index (χ2n) is 3.61. The monoisotopic (exact) mass is 253 g/mol. The van der Waals surface area contributed by atoms with Crippen LogP contribution in [0.3, 0.4) is 0 Å². The first-order chi connectivity index (χ1) is 8.66. The van der Waals surface area contributed by atoms with Crippen molar-refractivity contribution in [1.82, 2.24) is 20.5 Å². The largest absolute Gasteiger partial charge is 0.477 e. The zero-order valence-corrected chi connectivity index (χ0v) is 9.29. The number of nitrogens with one attached hydrogen (secondary N) is 2. The van der Waals surface area contributed by atoms with E-state index in [1.807, 2.05) is 0 Å². The van der Waals surface area contributed by atoms with Crippen LogP contribution in [0.5, 0.6) is 0 Å². The van der Waals surface area contributed by atoms with E-state index >= 15 is 0 Å². The smallest absolute Gasteiger partial charge is 0.353 e. The lowest BCUT2D eigenvalue weighted by Gasteiger charge is -2.08. The molecule has 1 amide bonds. The van der Waals surface area contributed by atoms with Crippen molar-refractivity contribution in [3.63, 3.8) is 0 Å². The number of aromatic nitrogens is 3. The summed E-state index contributed by atoms with van der Waals surface area (Å²) >= 11 is 0. The lowest BCUT2D eigenvalue weighted by atomic mass is 10.1. The summed E-state index contributed by atoms with van der Waals surface area (Å²) in [4.78, 5) is 30.8. The number of aromatic amines is 1. The van der Waals surface area contributed by atoms with E-state index in [1.54, 1.807) is 0 Å². The van der Waals surface area contributed by atoms with Gasteiger partial charge in [-0.25, -0.2) is 9.78 Å². The Kier molecular flexibility index (Phi) is 3.51. The first-order valence-electron chi connectivity index (χ1n) is 5.24. The number of oxime groups is 1. The predicted octanol–water partition coefficient (Wildman–Crippen LogP) is -1.31. The van der Waals surface area contributed by atoms with Crippen LogP contribution < -0.4 is 5.32 Å². The number of hydrogen-bond donors (Lipinski definition) is 3. The summed E-state index contributed by atoms with van der Waals surface area (Å²) in [6.07, 6.45) is 0.990. The fourth-order valence-electron chi connectivity index (χ4n) is 1.41. The second kappa shape index (κ2) is 5.25. The summed E-state index contributed by atoms with van der Waals surface area (Å²) in [6.45, 7) is 0.357. The van der Waals surface area contributed by atoms with Crippen LogP contribution in [0.2, 0.25) is 0 Å². The molecule has 0 spiro atoms. The molecular formula is C9H11N5O4. The molecule has 0 fully saturated rings. The maximum Gasteiger partial charge on any atom is 0.353 e. The Morgan fingerprint density at radius 3 is 3.06 bits per heavy atom. The summed E-state index contributed by atoms with van der Waals surface area (Å²) in [5.74, 6) is -0.911. The first kappa shape index (κ1) is 12.0. The molecule has 9 nitrogen and oxygen atoms in total. The Bertz CT molecular complexity index is 469. The molecule has 0 aromatic carbocycles. The van der Waals surface area contributed by atoms with Crippen LogP contribution in [0, 0.1) is 0 Å². The molecule has 1 aliphatic heterocycles. The number of amides is 1. The lowest BCUT2D eigenvalue weighted by molar-refractivity contribution is -0.131. The molecule has 2 heterocycles. The van der Waals surface area contributed by atoms with E-state index in [0.717, 1.165) is 0 Å². The van der Waals surface area contributed by atoms with Gasteiger partial charge in [-0.3, -0.25) is 9.89 Å². The average Bonchev–Trinajstić information content (AvgIpc) is 2.99. The van der Waals surface area contributed by atoms with E-state index in [0.29, 0.717) is 18.8 Å². The zero-order valence-electron chi connectivity index (χ0n) is 9.29. The summed E-state index contributed by atoms with van der Waals surface area (Å²) in [6, 6.07) is 0. The van der Waals surface area contributed by atoms with Gasteiger partial charge in [-0.1, -0.05) is 5.16 Å². The topological polar surface area (TPSA) is 130 Å². The third kappa shape index (κ3) is 2.81. The van der Waals surface area contributed by atoms with Gasteiger partial charge in [0.25, 0.3) is 5.91 Å². The molecule has 96 valence electrons. The van der Waals surface area contributed by atoms with Gasteiger partial charge in [-0.2, -0.15) is 5.10 Å². The van der Waals surface area contributed by atoms with Crippen LogP contribution in [-0.2, 0) is 20.8 Å². The highest BCUT2D eigenvalue weighted by atomic mass is 16.6. The van der Waals surface area contributed by atoms with Crippen molar-refractivity contribution in [2.24, 2.45) is 5.16 Å². The van der Waals surface area contributed by atoms with Crippen LogP contribution in [0.1, 0.15) is 12.2 Å². The van der Waals surface area contributed by atoms with E-state index in [2.05, 4.69) is 25.7 Å². The fraction of sp³-hybridized carbons (Fsp3) is 0.444. The minimum absolute atomic E-state index is 0.0243. The van der Waals surface area contributed by atoms with Crippen molar-refractivity contribution in [3.05, 3.63) is 12.2 Å². The third-order valence-electron chi connectivity index (χ3n) is 2.33. The van der Waals surface area contributed by atoms with Crippen LogP contribution >= 0.6 is 0 Å². The van der Waals surface area contributed by atoms with E-state index in [-0.39, 0.29) is 12.1 Å². The third-order valence-corrected chi connectivity index (χ3v) is 2.33. The highest BCUT2D eigenvalue weighted by Crippen LogP contribution is 2.10. The zero-order chi connectivity index (χ0) is 13.0. The van der Waals surface area contributed by atoms with Crippen molar-refractivity contribution in [3.8, 4) is 0 Å². The van der Waals surface area contributed by atoms with Gasteiger partial charge in [0.15, 0.2) is 5.71 Å². The highest BCUT2D eigenvalue weighted by molar-refractivity contribution is 6.36. The maximum absolute atomic E-state index is 11.6. The van der Waals surface area contributed by atoms with Crippen LogP contribution in [-0.4, -0.2) is 50.5 Å². The number of aliphatic carboxylic acids is 1. The summed E-state index contributed by atoms with van der Waals surface area (Å²) in [7, 11) is 0. The standard InChI is InChI=1S/C9H11N5O4/c15-8(6-3-5(9(16)17)14-18-6)10-2-1-7-11-4-12-13-7/h4,6H,1-3H2,(H,10,15)(H,16,17)(H,11,12,13). The number of carboxylic acids is 1. The molecule has 0 saturated heterocycles. The predicted molar refractivity (Wildman–Crippen MR) is 57.7 cm³/mol. The van der Waals surface area contributed by atoms with E-state index in [4.69, 9.17) is 9.94 Å². The Balaban J connectivity index is 1.72. The molecule has 1 aromatic rings. The van der Waals surface area contributed by atoms with Gasteiger partial charge in [0.1, 0.15) is 12.2 Å². The summed E-state index contributed by atoms with van der Waals surface area (Å²) in [5, 5.41) is 20.9. The van der Waals surface area contributed by atoms with Crippen molar-refractivity contribution >= 4 is 17.6 Å². The molecule has 9 heteroatoms. The first-order valence-corrected chi connectivity index (χ1v) is 5.24. The van der Waals surface area contributed by atoms with Gasteiger partial charge in [-0.15, -0.1) is 0 Å². The van der Waals surface area contributed by atoms with Crippen LogP contribution in [0.4, 0.5) is 0 Å². The van der Waals surface area contributed by atoms with Gasteiger partial charge in [0.05, 0.1) is 0 Å². The molecule has 1 aliphatic rings. The number of carbonyl (C=O) groups is 2. The molecule has 2 rings (SSSR count). The normalized spacial score (nSPS) is 18.0. The summed E-state index contributed by atoms with van der Waals surface area (Å²) < 4.78 is 0. The van der Waals surface area contributed by atoms with Gasteiger partial charge in [0.2, 0.25) is 6.10 Å². The molecular weight excluding hydrogens is 242 g/mol. The number of rotatable bonds is 5. The van der Waals surface area contributed by atoms with Gasteiger partial charge in [0, 0.05) is 19.4 Å². The second-order valence-corrected chi connectivity index (χ2v) is 3.61. The average molecular weight is 253 g/mol. The van der Waals surface area contributed by atoms with Gasteiger partial charge < -0.3 is 15.3 Å². The molecule has 0 radical (unpaired) electrons. The maximum atomic E-state index is 11.6. The Hall–Kier alpha value is -2.45. The van der Waals surface area contributed by atoms with Crippen molar-refractivity contribution in [1.29, 1.82) is 0 Å².